The highest BCUT2D eigenvalue weighted by Crippen LogP contribution is 2.30. The monoisotopic (exact) mass is 237 g/mol. The summed E-state index contributed by atoms with van der Waals surface area (Å²) in [6.45, 7) is 1.41. The van der Waals surface area contributed by atoms with Gasteiger partial charge in [-0.1, -0.05) is 19.3 Å². The second kappa shape index (κ2) is 5.65. The fourth-order valence-corrected chi connectivity index (χ4v) is 2.59. The Balaban J connectivity index is 1.79. The lowest BCUT2D eigenvalue weighted by molar-refractivity contribution is -0.0618. The van der Waals surface area contributed by atoms with Gasteiger partial charge in [0.15, 0.2) is 0 Å². The van der Waals surface area contributed by atoms with E-state index in [0.717, 1.165) is 25.9 Å². The van der Waals surface area contributed by atoms with Crippen LogP contribution in [0.15, 0.2) is 12.4 Å². The van der Waals surface area contributed by atoms with Crippen molar-refractivity contribution in [2.24, 2.45) is 12.8 Å². The molecule has 0 spiro atoms. The van der Waals surface area contributed by atoms with E-state index in [1.165, 1.54) is 24.8 Å². The van der Waals surface area contributed by atoms with Gasteiger partial charge in [-0.15, -0.1) is 0 Å². The third kappa shape index (κ3) is 3.30. The van der Waals surface area contributed by atoms with Crippen LogP contribution in [0, 0.1) is 0 Å². The number of hydrogen-bond acceptors (Lipinski definition) is 3. The summed E-state index contributed by atoms with van der Waals surface area (Å²) in [7, 11) is 1.94. The Kier molecular flexibility index (Phi) is 4.18. The summed E-state index contributed by atoms with van der Waals surface area (Å²) in [5.74, 6) is 0. The Hall–Kier alpha value is -0.870. The standard InChI is InChI=1S/C13H23N3O/c1-16-10-12(9-15-16)5-8-17-13(11-14)6-3-2-4-7-13/h9-10H,2-8,11,14H2,1H3. The maximum Gasteiger partial charge on any atom is 0.0804 e. The molecular weight excluding hydrogens is 214 g/mol. The third-order valence-corrected chi connectivity index (χ3v) is 3.69. The second-order valence-corrected chi connectivity index (χ2v) is 5.07. The first-order valence-electron chi connectivity index (χ1n) is 6.56. The van der Waals surface area contributed by atoms with E-state index in [9.17, 15) is 0 Å². The van der Waals surface area contributed by atoms with E-state index < -0.39 is 0 Å². The molecule has 0 unspecified atom stereocenters. The van der Waals surface area contributed by atoms with Crippen LogP contribution in [0.3, 0.4) is 0 Å². The average molecular weight is 237 g/mol. The van der Waals surface area contributed by atoms with Gasteiger partial charge in [0, 0.05) is 19.8 Å². The van der Waals surface area contributed by atoms with Crippen LogP contribution in [0.5, 0.6) is 0 Å². The predicted molar refractivity (Wildman–Crippen MR) is 67.7 cm³/mol. The van der Waals surface area contributed by atoms with Crippen LogP contribution in [0.25, 0.3) is 0 Å². The van der Waals surface area contributed by atoms with Crippen LogP contribution in [0.1, 0.15) is 37.7 Å². The molecule has 1 aliphatic carbocycles. The van der Waals surface area contributed by atoms with Crippen molar-refractivity contribution in [2.45, 2.75) is 44.1 Å². The Morgan fingerprint density at radius 2 is 2.18 bits per heavy atom. The summed E-state index contributed by atoms with van der Waals surface area (Å²) < 4.78 is 7.90. The molecule has 1 aromatic heterocycles. The van der Waals surface area contributed by atoms with Gasteiger partial charge in [-0.3, -0.25) is 4.68 Å². The Labute approximate surface area is 103 Å². The molecule has 0 aromatic carbocycles. The maximum atomic E-state index is 6.07. The fraction of sp³-hybridized carbons (Fsp3) is 0.769. The molecule has 1 fully saturated rings. The minimum Gasteiger partial charge on any atom is -0.373 e. The first-order chi connectivity index (χ1) is 8.24. The van der Waals surface area contributed by atoms with E-state index >= 15 is 0 Å². The number of hydrogen-bond donors (Lipinski definition) is 1. The molecule has 1 heterocycles. The Bertz CT molecular complexity index is 342. The molecule has 96 valence electrons. The van der Waals surface area contributed by atoms with Crippen LogP contribution in [-0.4, -0.2) is 28.5 Å². The molecule has 4 nitrogen and oxygen atoms in total. The molecule has 0 aliphatic heterocycles. The molecule has 0 bridgehead atoms. The lowest BCUT2D eigenvalue weighted by Crippen LogP contribution is -2.43. The van der Waals surface area contributed by atoms with Gasteiger partial charge in [0.2, 0.25) is 0 Å². The predicted octanol–water partition coefficient (Wildman–Crippen LogP) is 1.64. The summed E-state index contributed by atoms with van der Waals surface area (Å²) in [5, 5.41) is 4.16. The third-order valence-electron chi connectivity index (χ3n) is 3.69. The number of nitrogens with zero attached hydrogens (tertiary/aromatic N) is 2. The van der Waals surface area contributed by atoms with Gasteiger partial charge in [0.1, 0.15) is 0 Å². The molecule has 0 radical (unpaired) electrons. The van der Waals surface area contributed by atoms with E-state index in [1.54, 1.807) is 0 Å². The van der Waals surface area contributed by atoms with E-state index in [1.807, 2.05) is 24.1 Å². The van der Waals surface area contributed by atoms with Crippen molar-refractivity contribution in [2.75, 3.05) is 13.2 Å². The number of rotatable bonds is 5. The zero-order valence-corrected chi connectivity index (χ0v) is 10.7. The highest BCUT2D eigenvalue weighted by Gasteiger charge is 2.31. The molecule has 4 heteroatoms. The normalized spacial score (nSPS) is 19.4. The summed E-state index contributed by atoms with van der Waals surface area (Å²) in [5.41, 5.74) is 7.07. The molecule has 0 amide bonds. The van der Waals surface area contributed by atoms with Gasteiger partial charge >= 0.3 is 0 Å². The second-order valence-electron chi connectivity index (χ2n) is 5.07. The van der Waals surface area contributed by atoms with Crippen LogP contribution in [0.2, 0.25) is 0 Å². The minimum atomic E-state index is -0.0412. The van der Waals surface area contributed by atoms with Gasteiger partial charge in [0.25, 0.3) is 0 Å². The van der Waals surface area contributed by atoms with Crippen molar-refractivity contribution in [1.82, 2.24) is 9.78 Å². The molecule has 1 aliphatic rings. The van der Waals surface area contributed by atoms with Gasteiger partial charge < -0.3 is 10.5 Å². The van der Waals surface area contributed by atoms with Crippen LogP contribution < -0.4 is 5.73 Å². The molecular formula is C13H23N3O. The van der Waals surface area contributed by atoms with Gasteiger partial charge in [-0.2, -0.15) is 5.10 Å². The number of aryl methyl sites for hydroxylation is 1. The van der Waals surface area contributed by atoms with Crippen LogP contribution in [0.4, 0.5) is 0 Å². The summed E-state index contributed by atoms with van der Waals surface area (Å²) in [4.78, 5) is 0. The highest BCUT2D eigenvalue weighted by molar-refractivity contribution is 5.03. The summed E-state index contributed by atoms with van der Waals surface area (Å²) in [6.07, 6.45) is 10.9. The van der Waals surface area contributed by atoms with Crippen molar-refractivity contribution in [3.63, 3.8) is 0 Å². The summed E-state index contributed by atoms with van der Waals surface area (Å²) >= 11 is 0. The van der Waals surface area contributed by atoms with Gasteiger partial charge in [0.05, 0.1) is 18.4 Å². The Morgan fingerprint density at radius 1 is 1.41 bits per heavy atom. The zero-order valence-electron chi connectivity index (χ0n) is 10.7. The van der Waals surface area contributed by atoms with E-state index in [-0.39, 0.29) is 5.60 Å². The van der Waals surface area contributed by atoms with Crippen molar-refractivity contribution >= 4 is 0 Å². The number of aromatic nitrogens is 2. The first-order valence-corrected chi connectivity index (χ1v) is 6.56. The number of nitrogens with two attached hydrogens (primary N) is 1. The van der Waals surface area contributed by atoms with Gasteiger partial charge in [-0.05, 0) is 24.8 Å². The lowest BCUT2D eigenvalue weighted by Gasteiger charge is -2.36. The van der Waals surface area contributed by atoms with E-state index in [2.05, 4.69) is 5.10 Å². The molecule has 1 saturated carbocycles. The van der Waals surface area contributed by atoms with Crippen molar-refractivity contribution in [3.8, 4) is 0 Å². The van der Waals surface area contributed by atoms with Crippen molar-refractivity contribution in [1.29, 1.82) is 0 Å². The molecule has 0 atom stereocenters. The molecule has 2 N–H and O–H groups in total. The number of ether oxygens (including phenoxy) is 1. The molecule has 17 heavy (non-hydrogen) atoms. The zero-order chi connectivity index (χ0) is 12.1. The largest absolute Gasteiger partial charge is 0.373 e. The maximum absolute atomic E-state index is 6.07. The lowest BCUT2D eigenvalue weighted by atomic mass is 9.84. The SMILES string of the molecule is Cn1cc(CCOC2(CN)CCCCC2)cn1. The van der Waals surface area contributed by atoms with Crippen LogP contribution in [-0.2, 0) is 18.2 Å². The molecule has 0 saturated heterocycles. The average Bonchev–Trinajstić information content (AvgIpc) is 2.76. The van der Waals surface area contributed by atoms with E-state index in [0.29, 0.717) is 6.54 Å². The van der Waals surface area contributed by atoms with Gasteiger partial charge in [-0.25, -0.2) is 0 Å². The van der Waals surface area contributed by atoms with Crippen LogP contribution >= 0.6 is 0 Å². The van der Waals surface area contributed by atoms with Crippen molar-refractivity contribution < 1.29 is 4.74 Å². The molecule has 2 rings (SSSR count). The topological polar surface area (TPSA) is 53.1 Å². The summed E-state index contributed by atoms with van der Waals surface area (Å²) in [6, 6.07) is 0. The minimum absolute atomic E-state index is 0.0412. The molecule has 1 aromatic rings. The van der Waals surface area contributed by atoms with E-state index in [4.69, 9.17) is 10.5 Å². The Morgan fingerprint density at radius 3 is 2.76 bits per heavy atom. The first kappa shape index (κ1) is 12.6. The highest BCUT2D eigenvalue weighted by atomic mass is 16.5. The smallest absolute Gasteiger partial charge is 0.0804 e. The fourth-order valence-electron chi connectivity index (χ4n) is 2.59. The quantitative estimate of drug-likeness (QED) is 0.847. The van der Waals surface area contributed by atoms with Crippen molar-refractivity contribution in [3.05, 3.63) is 18.0 Å².